The number of unbranched alkanes of at least 4 members (excludes halogenated alkanes) is 1. The van der Waals surface area contributed by atoms with Crippen LogP contribution in [0, 0.1) is 6.92 Å². The molecule has 0 saturated carbocycles. The number of carbonyl (C=O) groups excluding carboxylic acids is 1. The second-order valence-corrected chi connectivity index (χ2v) is 4.56. The van der Waals surface area contributed by atoms with Crippen LogP contribution in [0.1, 0.15) is 36.1 Å². The Hall–Kier alpha value is -0.900. The maximum absolute atomic E-state index is 11.2. The van der Waals surface area contributed by atoms with Gasteiger partial charge in [0.2, 0.25) is 5.91 Å². The van der Waals surface area contributed by atoms with Crippen LogP contribution >= 0.6 is 11.3 Å². The minimum absolute atomic E-state index is 0.125. The summed E-state index contributed by atoms with van der Waals surface area (Å²) >= 11 is 1.63. The maximum atomic E-state index is 11.2. The Balaban J connectivity index is 2.23. The molecule has 0 fully saturated rings. The lowest BCUT2D eigenvalue weighted by molar-refractivity contribution is -0.121. The van der Waals surface area contributed by atoms with Gasteiger partial charge in [-0.05, 0) is 13.3 Å². The van der Waals surface area contributed by atoms with Gasteiger partial charge in [0.25, 0.3) is 0 Å². The largest absolute Gasteiger partial charge is 0.350 e. The van der Waals surface area contributed by atoms with E-state index in [9.17, 15) is 4.79 Å². The average molecular weight is 212 g/mol. The maximum Gasteiger partial charge on any atom is 0.220 e. The van der Waals surface area contributed by atoms with E-state index in [1.807, 2.05) is 13.1 Å². The first-order valence-corrected chi connectivity index (χ1v) is 5.72. The van der Waals surface area contributed by atoms with Gasteiger partial charge in [0.15, 0.2) is 0 Å². The van der Waals surface area contributed by atoms with Crippen LogP contribution in [0.5, 0.6) is 0 Å². The molecule has 0 unspecified atom stereocenters. The van der Waals surface area contributed by atoms with Crippen molar-refractivity contribution in [3.8, 4) is 0 Å². The fourth-order valence-electron chi connectivity index (χ4n) is 1.08. The van der Waals surface area contributed by atoms with Crippen LogP contribution in [0.4, 0.5) is 0 Å². The van der Waals surface area contributed by atoms with Crippen LogP contribution in [0.15, 0.2) is 6.20 Å². The van der Waals surface area contributed by atoms with Crippen LogP contribution in [0.3, 0.4) is 0 Å². The van der Waals surface area contributed by atoms with Crippen molar-refractivity contribution in [1.29, 1.82) is 0 Å². The molecule has 0 aromatic carbocycles. The van der Waals surface area contributed by atoms with Crippen LogP contribution in [0.25, 0.3) is 0 Å². The zero-order valence-electron chi connectivity index (χ0n) is 8.67. The number of thiazole rings is 1. The van der Waals surface area contributed by atoms with E-state index in [4.69, 9.17) is 0 Å². The van der Waals surface area contributed by atoms with E-state index in [0.717, 1.165) is 17.8 Å². The lowest BCUT2D eigenvalue weighted by atomic mass is 10.2. The lowest BCUT2D eigenvalue weighted by Crippen LogP contribution is -2.22. The average Bonchev–Trinajstić information content (AvgIpc) is 2.58. The zero-order chi connectivity index (χ0) is 10.4. The summed E-state index contributed by atoms with van der Waals surface area (Å²) in [4.78, 5) is 16.6. The number of nitrogens with one attached hydrogen (secondary N) is 1. The fourth-order valence-corrected chi connectivity index (χ4v) is 1.81. The Morgan fingerprint density at radius 3 is 3.00 bits per heavy atom. The third-order valence-corrected chi connectivity index (χ3v) is 2.78. The zero-order valence-corrected chi connectivity index (χ0v) is 9.49. The van der Waals surface area contributed by atoms with Crippen molar-refractivity contribution >= 4 is 17.2 Å². The van der Waals surface area contributed by atoms with Gasteiger partial charge >= 0.3 is 0 Å². The number of hydrogen-bond donors (Lipinski definition) is 1. The van der Waals surface area contributed by atoms with Gasteiger partial charge in [-0.15, -0.1) is 11.3 Å². The van der Waals surface area contributed by atoms with Gasteiger partial charge in [0, 0.05) is 17.5 Å². The molecule has 3 nitrogen and oxygen atoms in total. The Kier molecular flexibility index (Phi) is 4.59. The van der Waals surface area contributed by atoms with Crippen molar-refractivity contribution in [2.75, 3.05) is 0 Å². The van der Waals surface area contributed by atoms with Gasteiger partial charge < -0.3 is 5.32 Å². The van der Waals surface area contributed by atoms with E-state index in [1.54, 1.807) is 11.3 Å². The lowest BCUT2D eigenvalue weighted by Gasteiger charge is -2.01. The smallest absolute Gasteiger partial charge is 0.220 e. The summed E-state index contributed by atoms with van der Waals surface area (Å²) in [5.41, 5.74) is 0. The van der Waals surface area contributed by atoms with Gasteiger partial charge in [0.1, 0.15) is 5.01 Å². The Morgan fingerprint density at radius 1 is 1.64 bits per heavy atom. The van der Waals surface area contributed by atoms with Gasteiger partial charge in [0.05, 0.1) is 6.54 Å². The number of rotatable bonds is 5. The third-order valence-electron chi connectivity index (χ3n) is 1.86. The SMILES string of the molecule is CCCCC(=O)NCc1ncc(C)s1. The Labute approximate surface area is 88.6 Å². The van der Waals surface area contributed by atoms with Crippen LogP contribution in [-0.2, 0) is 11.3 Å². The summed E-state index contributed by atoms with van der Waals surface area (Å²) < 4.78 is 0. The fraction of sp³-hybridized carbons (Fsp3) is 0.600. The number of carbonyl (C=O) groups is 1. The molecule has 0 bridgehead atoms. The predicted molar refractivity (Wildman–Crippen MR) is 58.2 cm³/mol. The van der Waals surface area contributed by atoms with Crippen LogP contribution in [-0.4, -0.2) is 10.9 Å². The number of aromatic nitrogens is 1. The molecule has 1 rings (SSSR count). The molecule has 1 heterocycles. The van der Waals surface area contributed by atoms with Crippen molar-refractivity contribution in [2.24, 2.45) is 0 Å². The Morgan fingerprint density at radius 2 is 2.43 bits per heavy atom. The molecule has 0 aliphatic carbocycles. The van der Waals surface area contributed by atoms with Crippen LogP contribution < -0.4 is 5.32 Å². The normalized spacial score (nSPS) is 10.1. The van der Waals surface area contributed by atoms with Gasteiger partial charge in [-0.3, -0.25) is 4.79 Å². The van der Waals surface area contributed by atoms with Crippen molar-refractivity contribution < 1.29 is 4.79 Å². The first-order chi connectivity index (χ1) is 6.72. The number of aryl methyl sites for hydroxylation is 1. The molecule has 0 aliphatic heterocycles. The highest BCUT2D eigenvalue weighted by atomic mass is 32.1. The molecule has 78 valence electrons. The molecule has 0 aliphatic rings. The second-order valence-electron chi connectivity index (χ2n) is 3.24. The molecule has 1 amide bonds. The van der Waals surface area contributed by atoms with Crippen LogP contribution in [0.2, 0.25) is 0 Å². The minimum Gasteiger partial charge on any atom is -0.350 e. The summed E-state index contributed by atoms with van der Waals surface area (Å²) in [6, 6.07) is 0. The first kappa shape index (κ1) is 11.2. The van der Waals surface area contributed by atoms with Crippen molar-refractivity contribution in [3.05, 3.63) is 16.1 Å². The second kappa shape index (κ2) is 5.75. The number of amides is 1. The van der Waals surface area contributed by atoms with Gasteiger partial charge in [-0.25, -0.2) is 4.98 Å². The monoisotopic (exact) mass is 212 g/mol. The molecule has 0 radical (unpaired) electrons. The van der Waals surface area contributed by atoms with E-state index >= 15 is 0 Å². The summed E-state index contributed by atoms with van der Waals surface area (Å²) in [6.07, 6.45) is 4.48. The van der Waals surface area contributed by atoms with Gasteiger partial charge in [-0.2, -0.15) is 0 Å². The summed E-state index contributed by atoms with van der Waals surface area (Å²) in [5, 5.41) is 3.84. The van der Waals surface area contributed by atoms with Gasteiger partial charge in [-0.1, -0.05) is 13.3 Å². The summed E-state index contributed by atoms with van der Waals surface area (Å²) in [7, 11) is 0. The predicted octanol–water partition coefficient (Wildman–Crippen LogP) is 2.26. The standard InChI is InChI=1S/C10H16N2OS/c1-3-4-5-9(13)11-7-10-12-6-8(2)14-10/h6H,3-5,7H2,1-2H3,(H,11,13). The summed E-state index contributed by atoms with van der Waals surface area (Å²) in [6.45, 7) is 4.67. The molecule has 1 N–H and O–H groups in total. The van der Waals surface area contributed by atoms with Crippen molar-refractivity contribution in [2.45, 2.75) is 39.7 Å². The van der Waals surface area contributed by atoms with Crippen molar-refractivity contribution in [1.82, 2.24) is 10.3 Å². The molecular formula is C10H16N2OS. The summed E-state index contributed by atoms with van der Waals surface area (Å²) in [5.74, 6) is 0.125. The number of hydrogen-bond acceptors (Lipinski definition) is 3. The Bertz CT molecular complexity index is 296. The highest BCUT2D eigenvalue weighted by molar-refractivity contribution is 7.11. The number of nitrogens with zero attached hydrogens (tertiary/aromatic N) is 1. The molecule has 0 atom stereocenters. The molecular weight excluding hydrogens is 196 g/mol. The van der Waals surface area contributed by atoms with Crippen molar-refractivity contribution in [3.63, 3.8) is 0 Å². The molecule has 14 heavy (non-hydrogen) atoms. The quantitative estimate of drug-likeness (QED) is 0.813. The highest BCUT2D eigenvalue weighted by Crippen LogP contribution is 2.10. The molecule has 1 aromatic heterocycles. The van der Waals surface area contributed by atoms with E-state index in [2.05, 4.69) is 17.2 Å². The van der Waals surface area contributed by atoms with E-state index in [-0.39, 0.29) is 5.91 Å². The third kappa shape index (κ3) is 3.87. The van der Waals surface area contributed by atoms with E-state index in [1.165, 1.54) is 4.88 Å². The topological polar surface area (TPSA) is 42.0 Å². The van der Waals surface area contributed by atoms with E-state index in [0.29, 0.717) is 13.0 Å². The molecule has 4 heteroatoms. The minimum atomic E-state index is 0.125. The first-order valence-electron chi connectivity index (χ1n) is 4.90. The molecule has 1 aromatic rings. The molecule has 0 saturated heterocycles. The molecule has 0 spiro atoms. The van der Waals surface area contributed by atoms with E-state index < -0.39 is 0 Å². The highest BCUT2D eigenvalue weighted by Gasteiger charge is 2.02.